The maximum Gasteiger partial charge on any atom is 0.338 e. The molecule has 0 fully saturated rings. The average molecular weight is 250 g/mol. The van der Waals surface area contributed by atoms with Crippen molar-refractivity contribution in [2.24, 2.45) is 0 Å². The van der Waals surface area contributed by atoms with Crippen molar-refractivity contribution in [3.63, 3.8) is 0 Å². The van der Waals surface area contributed by atoms with Crippen LogP contribution in [0.5, 0.6) is 11.5 Å². The van der Waals surface area contributed by atoms with Crippen LogP contribution in [0.15, 0.2) is 42.5 Å². The number of para-hydroxylation sites is 1. The van der Waals surface area contributed by atoms with Crippen LogP contribution in [0.3, 0.4) is 0 Å². The van der Waals surface area contributed by atoms with E-state index >= 15 is 0 Å². The predicted molar refractivity (Wildman–Crippen MR) is 59.8 cm³/mol. The van der Waals surface area contributed by atoms with E-state index in [0.717, 1.165) is 12.1 Å². The number of hydrogen-bond donors (Lipinski definition) is 1. The SMILES string of the molecule is O=C(O)c1ccc(Oc2ccccc2F)cc1F. The van der Waals surface area contributed by atoms with E-state index in [9.17, 15) is 13.6 Å². The van der Waals surface area contributed by atoms with Crippen LogP contribution in [-0.4, -0.2) is 11.1 Å². The third kappa shape index (κ3) is 2.45. The summed E-state index contributed by atoms with van der Waals surface area (Å²) in [5.74, 6) is -2.91. The molecule has 0 aliphatic rings. The van der Waals surface area contributed by atoms with Gasteiger partial charge in [-0.1, -0.05) is 12.1 Å². The summed E-state index contributed by atoms with van der Waals surface area (Å²) in [6, 6.07) is 8.88. The number of ether oxygens (including phenoxy) is 1. The molecule has 0 saturated heterocycles. The normalized spacial score (nSPS) is 10.1. The first kappa shape index (κ1) is 12.0. The van der Waals surface area contributed by atoms with Gasteiger partial charge in [0.25, 0.3) is 0 Å². The molecule has 2 rings (SSSR count). The summed E-state index contributed by atoms with van der Waals surface area (Å²) >= 11 is 0. The molecule has 2 aromatic rings. The van der Waals surface area contributed by atoms with E-state index in [1.54, 1.807) is 6.07 Å². The van der Waals surface area contributed by atoms with Gasteiger partial charge in [0, 0.05) is 6.07 Å². The summed E-state index contributed by atoms with van der Waals surface area (Å²) in [7, 11) is 0. The molecule has 2 aromatic carbocycles. The zero-order valence-electron chi connectivity index (χ0n) is 9.06. The van der Waals surface area contributed by atoms with Gasteiger partial charge in [0.2, 0.25) is 0 Å². The quantitative estimate of drug-likeness (QED) is 0.907. The molecule has 0 aliphatic carbocycles. The fraction of sp³-hybridized carbons (Fsp3) is 0. The van der Waals surface area contributed by atoms with Crippen LogP contribution in [0.4, 0.5) is 8.78 Å². The van der Waals surface area contributed by atoms with Gasteiger partial charge in [-0.05, 0) is 24.3 Å². The minimum atomic E-state index is -1.37. The number of benzene rings is 2. The smallest absolute Gasteiger partial charge is 0.338 e. The molecule has 0 unspecified atom stereocenters. The molecule has 0 amide bonds. The second-order valence-corrected chi connectivity index (χ2v) is 3.48. The molecule has 5 heteroatoms. The van der Waals surface area contributed by atoms with Gasteiger partial charge in [-0.3, -0.25) is 0 Å². The van der Waals surface area contributed by atoms with E-state index in [-0.39, 0.29) is 11.5 Å². The van der Waals surface area contributed by atoms with Gasteiger partial charge < -0.3 is 9.84 Å². The monoisotopic (exact) mass is 250 g/mol. The Morgan fingerprint density at radius 1 is 1.06 bits per heavy atom. The third-order valence-corrected chi connectivity index (χ3v) is 2.24. The van der Waals surface area contributed by atoms with Crippen molar-refractivity contribution in [3.8, 4) is 11.5 Å². The standard InChI is InChI=1S/C13H8F2O3/c14-10-3-1-2-4-12(10)18-8-5-6-9(13(16)17)11(15)7-8/h1-7H,(H,16,17). The van der Waals surface area contributed by atoms with E-state index in [4.69, 9.17) is 9.84 Å². The number of aromatic carboxylic acids is 1. The molecule has 0 saturated carbocycles. The van der Waals surface area contributed by atoms with Crippen molar-refractivity contribution >= 4 is 5.97 Å². The summed E-state index contributed by atoms with van der Waals surface area (Å²) in [6.07, 6.45) is 0. The fourth-order valence-electron chi connectivity index (χ4n) is 1.39. The van der Waals surface area contributed by atoms with Crippen molar-refractivity contribution in [2.75, 3.05) is 0 Å². The maximum absolute atomic E-state index is 13.3. The zero-order valence-corrected chi connectivity index (χ0v) is 9.06. The van der Waals surface area contributed by atoms with Crippen LogP contribution in [0.1, 0.15) is 10.4 Å². The Balaban J connectivity index is 2.29. The van der Waals surface area contributed by atoms with Gasteiger partial charge >= 0.3 is 5.97 Å². The Labute approximate surface area is 101 Å². The number of halogens is 2. The molecule has 0 bridgehead atoms. The first-order valence-corrected chi connectivity index (χ1v) is 5.03. The highest BCUT2D eigenvalue weighted by Crippen LogP contribution is 2.25. The highest BCUT2D eigenvalue weighted by atomic mass is 19.1. The molecule has 0 heterocycles. The third-order valence-electron chi connectivity index (χ3n) is 2.24. The predicted octanol–water partition coefficient (Wildman–Crippen LogP) is 3.46. The summed E-state index contributed by atoms with van der Waals surface area (Å²) in [5.41, 5.74) is -0.462. The van der Waals surface area contributed by atoms with Gasteiger partial charge in [0.1, 0.15) is 11.6 Å². The zero-order chi connectivity index (χ0) is 13.1. The molecular formula is C13H8F2O3. The number of carboxylic acid groups (broad SMARTS) is 1. The topological polar surface area (TPSA) is 46.5 Å². The number of rotatable bonds is 3. The Morgan fingerprint density at radius 3 is 2.39 bits per heavy atom. The number of carboxylic acids is 1. The second kappa shape index (κ2) is 4.83. The molecule has 0 radical (unpaired) electrons. The average Bonchev–Trinajstić information content (AvgIpc) is 2.32. The fourth-order valence-corrected chi connectivity index (χ4v) is 1.39. The minimum absolute atomic E-state index is 0.0302. The van der Waals surface area contributed by atoms with Crippen molar-refractivity contribution in [2.45, 2.75) is 0 Å². The van der Waals surface area contributed by atoms with Crippen LogP contribution < -0.4 is 4.74 Å². The lowest BCUT2D eigenvalue weighted by Crippen LogP contribution is -2.00. The largest absolute Gasteiger partial charge is 0.478 e. The molecule has 0 spiro atoms. The summed E-state index contributed by atoms with van der Waals surface area (Å²) < 4.78 is 31.7. The van der Waals surface area contributed by atoms with Crippen LogP contribution in [-0.2, 0) is 0 Å². The van der Waals surface area contributed by atoms with Crippen molar-refractivity contribution < 1.29 is 23.4 Å². The first-order valence-electron chi connectivity index (χ1n) is 5.03. The number of carbonyl (C=O) groups is 1. The van der Waals surface area contributed by atoms with Gasteiger partial charge in [-0.2, -0.15) is 0 Å². The molecule has 0 aliphatic heterocycles. The van der Waals surface area contributed by atoms with Crippen LogP contribution in [0.2, 0.25) is 0 Å². The van der Waals surface area contributed by atoms with Crippen LogP contribution >= 0.6 is 0 Å². The molecule has 0 aromatic heterocycles. The summed E-state index contributed by atoms with van der Waals surface area (Å²) in [4.78, 5) is 10.6. The van der Waals surface area contributed by atoms with Gasteiger partial charge in [-0.25, -0.2) is 13.6 Å². The van der Waals surface area contributed by atoms with Crippen LogP contribution in [0.25, 0.3) is 0 Å². The number of hydrogen-bond acceptors (Lipinski definition) is 2. The second-order valence-electron chi connectivity index (χ2n) is 3.48. The van der Waals surface area contributed by atoms with E-state index in [1.807, 2.05) is 0 Å². The Morgan fingerprint density at radius 2 is 1.78 bits per heavy atom. The van der Waals surface area contributed by atoms with Crippen molar-refractivity contribution in [3.05, 3.63) is 59.7 Å². The van der Waals surface area contributed by atoms with E-state index in [2.05, 4.69) is 0 Å². The van der Waals surface area contributed by atoms with E-state index in [1.165, 1.54) is 24.3 Å². The molecule has 1 N–H and O–H groups in total. The molecule has 92 valence electrons. The Kier molecular flexibility index (Phi) is 3.23. The summed E-state index contributed by atoms with van der Waals surface area (Å²) in [5, 5.41) is 8.65. The van der Waals surface area contributed by atoms with Gasteiger partial charge in [0.05, 0.1) is 5.56 Å². The highest BCUT2D eigenvalue weighted by molar-refractivity contribution is 5.88. The van der Waals surface area contributed by atoms with Crippen molar-refractivity contribution in [1.82, 2.24) is 0 Å². The molecule has 3 nitrogen and oxygen atoms in total. The van der Waals surface area contributed by atoms with Crippen molar-refractivity contribution in [1.29, 1.82) is 0 Å². The summed E-state index contributed by atoms with van der Waals surface area (Å²) in [6.45, 7) is 0. The van der Waals surface area contributed by atoms with Gasteiger partial charge in [0.15, 0.2) is 11.6 Å². The molecule has 0 atom stereocenters. The van der Waals surface area contributed by atoms with E-state index in [0.29, 0.717) is 0 Å². The Hall–Kier alpha value is -2.43. The lowest BCUT2D eigenvalue weighted by molar-refractivity contribution is 0.0692. The highest BCUT2D eigenvalue weighted by Gasteiger charge is 2.12. The lowest BCUT2D eigenvalue weighted by Gasteiger charge is -2.07. The van der Waals surface area contributed by atoms with Gasteiger partial charge in [-0.15, -0.1) is 0 Å². The van der Waals surface area contributed by atoms with Crippen LogP contribution in [0, 0.1) is 11.6 Å². The molecule has 18 heavy (non-hydrogen) atoms. The van der Waals surface area contributed by atoms with E-state index < -0.39 is 23.2 Å². The first-order chi connectivity index (χ1) is 8.58. The minimum Gasteiger partial charge on any atom is -0.478 e. The Bertz CT molecular complexity index is 597. The lowest BCUT2D eigenvalue weighted by atomic mass is 10.2. The maximum atomic E-state index is 13.3. The molecular weight excluding hydrogens is 242 g/mol.